The molecule has 3 saturated heterocycles. The van der Waals surface area contributed by atoms with E-state index in [9.17, 15) is 14.7 Å². The molecule has 6 nitrogen and oxygen atoms in total. The quantitative estimate of drug-likeness (QED) is 0.530. The van der Waals surface area contributed by atoms with E-state index in [2.05, 4.69) is 27.7 Å². The van der Waals surface area contributed by atoms with Crippen LogP contribution in [0.3, 0.4) is 0 Å². The number of ether oxygens (including phenoxy) is 3. The largest absolute Gasteiger partial charge is 0.390 e. The summed E-state index contributed by atoms with van der Waals surface area (Å²) in [6.45, 7) is 16.6. The van der Waals surface area contributed by atoms with Crippen LogP contribution in [0.4, 0.5) is 0 Å². The molecule has 5 fully saturated rings. The minimum Gasteiger partial charge on any atom is -0.390 e. The molecule has 0 radical (unpaired) electrons. The fourth-order valence-electron chi connectivity index (χ4n) is 9.14. The molecule has 36 heavy (non-hydrogen) atoms. The lowest BCUT2D eigenvalue weighted by Crippen LogP contribution is -2.65. The van der Waals surface area contributed by atoms with Gasteiger partial charge in [0, 0.05) is 35.5 Å². The average Bonchev–Trinajstić information content (AvgIpc) is 3.22. The average molecular weight is 505 g/mol. The van der Waals surface area contributed by atoms with Gasteiger partial charge >= 0.3 is 0 Å². The van der Waals surface area contributed by atoms with E-state index >= 15 is 0 Å². The van der Waals surface area contributed by atoms with Gasteiger partial charge in [-0.15, -0.1) is 0 Å². The smallest absolute Gasteiger partial charge is 0.164 e. The van der Waals surface area contributed by atoms with Crippen molar-refractivity contribution in [3.05, 3.63) is 0 Å². The summed E-state index contributed by atoms with van der Waals surface area (Å²) in [4.78, 5) is 25.8. The van der Waals surface area contributed by atoms with Crippen molar-refractivity contribution in [1.82, 2.24) is 0 Å². The number of hydrogen-bond acceptors (Lipinski definition) is 6. The van der Waals surface area contributed by atoms with Gasteiger partial charge in [-0.2, -0.15) is 0 Å². The van der Waals surface area contributed by atoms with Gasteiger partial charge in [-0.1, -0.05) is 27.7 Å². The molecule has 1 N–H and O–H groups in total. The van der Waals surface area contributed by atoms with E-state index in [-0.39, 0.29) is 46.6 Å². The van der Waals surface area contributed by atoms with Gasteiger partial charge in [0.15, 0.2) is 11.6 Å². The highest BCUT2D eigenvalue weighted by molar-refractivity contribution is 5.87. The fourth-order valence-corrected chi connectivity index (χ4v) is 9.14. The molecule has 5 aliphatic rings. The van der Waals surface area contributed by atoms with Gasteiger partial charge in [0.05, 0.1) is 24.4 Å². The molecule has 0 aromatic carbocycles. The van der Waals surface area contributed by atoms with Gasteiger partial charge in [-0.05, 0) is 72.1 Å². The maximum Gasteiger partial charge on any atom is 0.164 e. The van der Waals surface area contributed by atoms with E-state index in [1.807, 2.05) is 27.7 Å². The van der Waals surface area contributed by atoms with Crippen molar-refractivity contribution in [2.75, 3.05) is 0 Å². The van der Waals surface area contributed by atoms with E-state index in [1.54, 1.807) is 0 Å². The molecule has 0 amide bonds. The number of carbonyl (C=O) groups excluding carboxylic acids is 2. The Labute approximate surface area is 217 Å². The Morgan fingerprint density at radius 1 is 0.667 bits per heavy atom. The van der Waals surface area contributed by atoms with Crippen LogP contribution in [0.1, 0.15) is 113 Å². The molecular formula is C30H48O6. The Morgan fingerprint density at radius 3 is 1.75 bits per heavy atom. The molecule has 1 spiro atoms. The second-order valence-electron chi connectivity index (χ2n) is 14.5. The summed E-state index contributed by atoms with van der Waals surface area (Å²) in [6.07, 6.45) is 5.66. The molecular weight excluding hydrogens is 456 g/mol. The summed E-state index contributed by atoms with van der Waals surface area (Å²) in [5.74, 6) is 0.451. The van der Waals surface area contributed by atoms with Crippen molar-refractivity contribution in [2.24, 2.45) is 22.2 Å². The first kappa shape index (κ1) is 26.8. The van der Waals surface area contributed by atoms with Gasteiger partial charge in [0.1, 0.15) is 16.8 Å². The van der Waals surface area contributed by atoms with Crippen molar-refractivity contribution < 1.29 is 28.9 Å². The van der Waals surface area contributed by atoms with Crippen LogP contribution in [-0.4, -0.2) is 57.9 Å². The standard InChI is InChI=1S/C30H48O6/c1-18-9-10-22-29(8,15-12-20(32)25(2,3)34-22)30(18)21(33)17-24(36-30)28(7)16-13-23-27(28,6)14-11-19(31)26(4,5)35-23/h18,21-24,33H,9-17H2,1-8H3/t18-,21+,22-,23-,24?,27+,28+,29+,30+/m0/s1. The highest BCUT2D eigenvalue weighted by atomic mass is 16.6. The highest BCUT2D eigenvalue weighted by Gasteiger charge is 2.71. The zero-order chi connectivity index (χ0) is 26.5. The van der Waals surface area contributed by atoms with E-state index in [0.29, 0.717) is 25.7 Å². The fraction of sp³-hybridized carbons (Fsp3) is 0.933. The van der Waals surface area contributed by atoms with Gasteiger partial charge in [-0.3, -0.25) is 9.59 Å². The molecule has 3 heterocycles. The minimum atomic E-state index is -0.817. The molecule has 2 aliphatic carbocycles. The van der Waals surface area contributed by atoms with Crippen LogP contribution >= 0.6 is 0 Å². The Balaban J connectivity index is 1.51. The van der Waals surface area contributed by atoms with Crippen LogP contribution in [0.5, 0.6) is 0 Å². The SMILES string of the molecule is C[C@H]1CC[C@@H]2OC(C)(C)C(=O)CC[C@@]2(C)[C@@]12OC([C@@]1(C)CC[C@@H]3OC(C)(C)C(=O)CC[C@]31C)C[C@H]2O. The van der Waals surface area contributed by atoms with E-state index in [4.69, 9.17) is 14.2 Å². The number of fused-ring (bicyclic) bond motifs is 3. The van der Waals surface area contributed by atoms with Crippen LogP contribution < -0.4 is 0 Å². The summed E-state index contributed by atoms with van der Waals surface area (Å²) < 4.78 is 20.3. The monoisotopic (exact) mass is 504 g/mol. The van der Waals surface area contributed by atoms with Crippen LogP contribution in [0, 0.1) is 22.2 Å². The van der Waals surface area contributed by atoms with Crippen LogP contribution in [0.25, 0.3) is 0 Å². The Morgan fingerprint density at radius 2 is 1.17 bits per heavy atom. The summed E-state index contributed by atoms with van der Waals surface area (Å²) in [5, 5.41) is 11.9. The van der Waals surface area contributed by atoms with Crippen LogP contribution in [0.15, 0.2) is 0 Å². The van der Waals surface area contributed by atoms with Crippen molar-refractivity contribution in [3.63, 3.8) is 0 Å². The van der Waals surface area contributed by atoms with Crippen molar-refractivity contribution in [2.45, 2.75) is 154 Å². The molecule has 3 aliphatic heterocycles. The van der Waals surface area contributed by atoms with Crippen LogP contribution in [0.2, 0.25) is 0 Å². The van der Waals surface area contributed by atoms with Gasteiger partial charge in [-0.25, -0.2) is 0 Å². The van der Waals surface area contributed by atoms with Crippen molar-refractivity contribution in [3.8, 4) is 0 Å². The molecule has 0 aromatic heterocycles. The first-order chi connectivity index (χ1) is 16.5. The third kappa shape index (κ3) is 3.36. The number of rotatable bonds is 1. The molecule has 0 aromatic rings. The third-order valence-electron chi connectivity index (χ3n) is 12.1. The van der Waals surface area contributed by atoms with Crippen molar-refractivity contribution in [1.29, 1.82) is 0 Å². The minimum absolute atomic E-state index is 0.00649. The maximum atomic E-state index is 13.0. The number of aliphatic hydroxyl groups is 1. The van der Waals surface area contributed by atoms with Gasteiger partial charge < -0.3 is 19.3 Å². The molecule has 2 saturated carbocycles. The Kier molecular flexibility index (Phi) is 6.02. The molecule has 6 heteroatoms. The zero-order valence-electron chi connectivity index (χ0n) is 23.7. The first-order valence-corrected chi connectivity index (χ1v) is 14.3. The number of ketones is 2. The predicted molar refractivity (Wildman–Crippen MR) is 137 cm³/mol. The topological polar surface area (TPSA) is 82.1 Å². The summed E-state index contributed by atoms with van der Waals surface area (Å²) in [5.41, 5.74) is -3.26. The molecule has 0 bridgehead atoms. The van der Waals surface area contributed by atoms with E-state index in [0.717, 1.165) is 32.1 Å². The second-order valence-corrected chi connectivity index (χ2v) is 14.5. The summed E-state index contributed by atoms with van der Waals surface area (Å²) in [6, 6.07) is 0. The normalized spacial score (nSPS) is 52.5. The van der Waals surface area contributed by atoms with E-state index < -0.39 is 28.3 Å². The third-order valence-corrected chi connectivity index (χ3v) is 12.1. The van der Waals surface area contributed by atoms with Crippen LogP contribution in [-0.2, 0) is 23.8 Å². The van der Waals surface area contributed by atoms with Crippen molar-refractivity contribution >= 4 is 11.6 Å². The van der Waals surface area contributed by atoms with Gasteiger partial charge in [0.2, 0.25) is 0 Å². The second kappa shape index (κ2) is 8.09. The zero-order valence-corrected chi connectivity index (χ0v) is 23.7. The molecule has 9 atom stereocenters. The maximum absolute atomic E-state index is 13.0. The number of carbonyl (C=O) groups is 2. The summed E-state index contributed by atoms with van der Waals surface area (Å²) >= 11 is 0. The van der Waals surface area contributed by atoms with Gasteiger partial charge in [0.25, 0.3) is 0 Å². The lowest BCUT2D eigenvalue weighted by molar-refractivity contribution is -0.270. The Bertz CT molecular complexity index is 942. The highest BCUT2D eigenvalue weighted by Crippen LogP contribution is 2.67. The Hall–Kier alpha value is -0.820. The lowest BCUT2D eigenvalue weighted by Gasteiger charge is -2.58. The number of aliphatic hydroxyl groups excluding tert-OH is 1. The number of hydrogen-bond donors (Lipinski definition) is 1. The predicted octanol–water partition coefficient (Wildman–Crippen LogP) is 5.17. The lowest BCUT2D eigenvalue weighted by atomic mass is 9.54. The molecule has 5 rings (SSSR count). The number of Topliss-reactive ketones (excluding diaryl/α,β-unsaturated/α-hetero) is 2. The summed E-state index contributed by atoms with van der Waals surface area (Å²) in [7, 11) is 0. The molecule has 204 valence electrons. The first-order valence-electron chi connectivity index (χ1n) is 14.3. The molecule has 1 unspecified atom stereocenters. The van der Waals surface area contributed by atoms with E-state index in [1.165, 1.54) is 0 Å².